The third-order valence-electron chi connectivity index (χ3n) is 3.40. The van der Waals surface area contributed by atoms with Gasteiger partial charge in [-0.15, -0.1) is 0 Å². The highest BCUT2D eigenvalue weighted by atomic mass is 127. The van der Waals surface area contributed by atoms with Crippen LogP contribution in [0.4, 0.5) is 0 Å². The molecular formula is C14H15BrINO3. The van der Waals surface area contributed by atoms with Crippen molar-refractivity contribution in [2.45, 2.75) is 25.3 Å². The number of esters is 1. The maximum Gasteiger partial charge on any atom is 0.328 e. The summed E-state index contributed by atoms with van der Waals surface area (Å²) < 4.78 is 6.55. The standard InChI is InChI=1S/C14H15BrINO3/c1-20-14(19)12-4-2-3-7-17(12)13(18)10-8-9(15)5-6-11(10)16/h5-6,8,12H,2-4,7H2,1H3/t12-/m1/s1. The van der Waals surface area contributed by atoms with Gasteiger partial charge in [-0.1, -0.05) is 15.9 Å². The summed E-state index contributed by atoms with van der Waals surface area (Å²) in [5.74, 6) is -0.436. The van der Waals surface area contributed by atoms with Gasteiger partial charge in [0.1, 0.15) is 6.04 Å². The Kier molecular flexibility index (Phi) is 5.42. The van der Waals surface area contributed by atoms with E-state index in [0.29, 0.717) is 18.5 Å². The monoisotopic (exact) mass is 451 g/mol. The highest BCUT2D eigenvalue weighted by Gasteiger charge is 2.33. The van der Waals surface area contributed by atoms with Crippen LogP contribution < -0.4 is 0 Å². The first kappa shape index (κ1) is 15.8. The summed E-state index contributed by atoms with van der Waals surface area (Å²) in [5, 5.41) is 0. The van der Waals surface area contributed by atoms with E-state index in [1.165, 1.54) is 7.11 Å². The maximum atomic E-state index is 12.7. The zero-order chi connectivity index (χ0) is 14.7. The molecule has 1 saturated heterocycles. The minimum absolute atomic E-state index is 0.106. The Hall–Kier alpha value is -0.630. The van der Waals surface area contributed by atoms with Crippen molar-refractivity contribution in [1.82, 2.24) is 4.90 Å². The molecule has 0 bridgehead atoms. The van der Waals surface area contributed by atoms with Crippen molar-refractivity contribution in [3.05, 3.63) is 31.8 Å². The number of likely N-dealkylation sites (tertiary alicyclic amines) is 1. The number of amides is 1. The fraction of sp³-hybridized carbons (Fsp3) is 0.429. The number of nitrogens with zero attached hydrogens (tertiary/aromatic N) is 1. The number of benzene rings is 1. The second-order valence-electron chi connectivity index (χ2n) is 4.66. The molecule has 0 aromatic heterocycles. The number of carbonyl (C=O) groups excluding carboxylic acids is 2. The van der Waals surface area contributed by atoms with Crippen LogP contribution in [0.2, 0.25) is 0 Å². The van der Waals surface area contributed by atoms with Gasteiger partial charge in [0.05, 0.1) is 12.7 Å². The molecule has 0 spiro atoms. The number of carbonyl (C=O) groups is 2. The second-order valence-corrected chi connectivity index (χ2v) is 6.74. The molecule has 0 saturated carbocycles. The first-order valence-corrected chi connectivity index (χ1v) is 8.25. The minimum Gasteiger partial charge on any atom is -0.467 e. The molecule has 1 aliphatic heterocycles. The van der Waals surface area contributed by atoms with Gasteiger partial charge in [0, 0.05) is 14.6 Å². The number of hydrogen-bond acceptors (Lipinski definition) is 3. The van der Waals surface area contributed by atoms with E-state index >= 15 is 0 Å². The number of hydrogen-bond donors (Lipinski definition) is 0. The Morgan fingerprint density at radius 3 is 2.85 bits per heavy atom. The lowest BCUT2D eigenvalue weighted by molar-refractivity contribution is -0.147. The van der Waals surface area contributed by atoms with Gasteiger partial charge in [0.15, 0.2) is 0 Å². The first-order valence-electron chi connectivity index (χ1n) is 6.38. The van der Waals surface area contributed by atoms with Crippen molar-refractivity contribution in [3.8, 4) is 0 Å². The first-order chi connectivity index (χ1) is 9.54. The molecule has 1 aromatic carbocycles. The van der Waals surface area contributed by atoms with E-state index in [-0.39, 0.29) is 11.9 Å². The molecule has 0 unspecified atom stereocenters. The summed E-state index contributed by atoms with van der Waals surface area (Å²) in [6.45, 7) is 0.598. The van der Waals surface area contributed by atoms with Crippen LogP contribution in [0, 0.1) is 3.57 Å². The molecule has 108 valence electrons. The van der Waals surface area contributed by atoms with Gasteiger partial charge >= 0.3 is 5.97 Å². The fourth-order valence-corrected chi connectivity index (χ4v) is 3.30. The van der Waals surface area contributed by atoms with Gasteiger partial charge < -0.3 is 9.64 Å². The molecule has 1 aliphatic rings. The molecule has 0 aliphatic carbocycles. The van der Waals surface area contributed by atoms with Crippen LogP contribution in [0.25, 0.3) is 0 Å². The third-order valence-corrected chi connectivity index (χ3v) is 4.83. The third kappa shape index (κ3) is 3.33. The van der Waals surface area contributed by atoms with Crippen LogP contribution >= 0.6 is 38.5 Å². The van der Waals surface area contributed by atoms with Crippen LogP contribution in [0.15, 0.2) is 22.7 Å². The summed E-state index contributed by atoms with van der Waals surface area (Å²) in [6.07, 6.45) is 2.53. The van der Waals surface area contributed by atoms with Gasteiger partial charge in [-0.2, -0.15) is 0 Å². The van der Waals surface area contributed by atoms with Crippen LogP contribution in [-0.4, -0.2) is 36.5 Å². The molecule has 6 heteroatoms. The van der Waals surface area contributed by atoms with Crippen LogP contribution in [0.5, 0.6) is 0 Å². The average molecular weight is 452 g/mol. The van der Waals surface area contributed by atoms with Gasteiger partial charge in [-0.3, -0.25) is 4.79 Å². The van der Waals surface area contributed by atoms with E-state index in [1.807, 2.05) is 12.1 Å². The number of piperidine rings is 1. The Morgan fingerprint density at radius 1 is 1.40 bits per heavy atom. The van der Waals surface area contributed by atoms with Crippen molar-refractivity contribution in [2.75, 3.05) is 13.7 Å². The highest BCUT2D eigenvalue weighted by Crippen LogP contribution is 2.24. The summed E-state index contributed by atoms with van der Waals surface area (Å²) in [7, 11) is 1.36. The lowest BCUT2D eigenvalue weighted by atomic mass is 10.0. The number of ether oxygens (including phenoxy) is 1. The molecule has 1 heterocycles. The molecular weight excluding hydrogens is 437 g/mol. The minimum atomic E-state index is -0.462. The fourth-order valence-electron chi connectivity index (χ4n) is 2.37. The molecule has 1 aromatic rings. The van der Waals surface area contributed by atoms with E-state index in [0.717, 1.165) is 20.9 Å². The van der Waals surface area contributed by atoms with Crippen LogP contribution in [-0.2, 0) is 9.53 Å². The second kappa shape index (κ2) is 6.89. The normalized spacial score (nSPS) is 18.8. The molecule has 4 nitrogen and oxygen atoms in total. The van der Waals surface area contributed by atoms with Crippen molar-refractivity contribution in [3.63, 3.8) is 0 Å². The van der Waals surface area contributed by atoms with Crippen molar-refractivity contribution < 1.29 is 14.3 Å². The number of methoxy groups -OCH3 is 1. The number of halogens is 2. The zero-order valence-electron chi connectivity index (χ0n) is 11.1. The SMILES string of the molecule is COC(=O)[C@H]1CCCCN1C(=O)c1cc(Br)ccc1I. The van der Waals surface area contributed by atoms with E-state index in [1.54, 1.807) is 11.0 Å². The van der Waals surface area contributed by atoms with Crippen molar-refractivity contribution in [1.29, 1.82) is 0 Å². The topological polar surface area (TPSA) is 46.6 Å². The predicted molar refractivity (Wildman–Crippen MR) is 87.6 cm³/mol. The smallest absolute Gasteiger partial charge is 0.328 e. The summed E-state index contributed by atoms with van der Waals surface area (Å²) in [6, 6.07) is 5.12. The van der Waals surface area contributed by atoms with E-state index in [2.05, 4.69) is 38.5 Å². The molecule has 2 rings (SSSR count). The molecule has 1 atom stereocenters. The molecule has 0 N–H and O–H groups in total. The van der Waals surface area contributed by atoms with Gasteiger partial charge in [-0.05, 0) is 60.1 Å². The quantitative estimate of drug-likeness (QED) is 0.512. The largest absolute Gasteiger partial charge is 0.467 e. The Labute approximate surface area is 140 Å². The Morgan fingerprint density at radius 2 is 2.15 bits per heavy atom. The summed E-state index contributed by atoms with van der Waals surface area (Å²) in [4.78, 5) is 26.2. The number of rotatable bonds is 2. The highest BCUT2D eigenvalue weighted by molar-refractivity contribution is 14.1. The molecule has 1 amide bonds. The van der Waals surface area contributed by atoms with E-state index < -0.39 is 6.04 Å². The van der Waals surface area contributed by atoms with E-state index in [9.17, 15) is 9.59 Å². The molecule has 20 heavy (non-hydrogen) atoms. The van der Waals surface area contributed by atoms with Crippen LogP contribution in [0.3, 0.4) is 0 Å². The lowest BCUT2D eigenvalue weighted by Gasteiger charge is -2.34. The lowest BCUT2D eigenvalue weighted by Crippen LogP contribution is -2.48. The van der Waals surface area contributed by atoms with Crippen LogP contribution in [0.1, 0.15) is 29.6 Å². The maximum absolute atomic E-state index is 12.7. The summed E-state index contributed by atoms with van der Waals surface area (Å²) >= 11 is 5.52. The van der Waals surface area contributed by atoms with Crippen molar-refractivity contribution >= 4 is 50.4 Å². The van der Waals surface area contributed by atoms with Gasteiger partial charge in [-0.25, -0.2) is 4.79 Å². The zero-order valence-corrected chi connectivity index (χ0v) is 14.8. The Balaban J connectivity index is 2.30. The Bertz CT molecular complexity index is 535. The van der Waals surface area contributed by atoms with Gasteiger partial charge in [0.2, 0.25) is 0 Å². The van der Waals surface area contributed by atoms with E-state index in [4.69, 9.17) is 4.74 Å². The molecule has 0 radical (unpaired) electrons. The van der Waals surface area contributed by atoms with Crippen molar-refractivity contribution in [2.24, 2.45) is 0 Å². The molecule has 1 fully saturated rings. The predicted octanol–water partition coefficient (Wildman–Crippen LogP) is 3.22. The average Bonchev–Trinajstić information content (AvgIpc) is 2.48. The van der Waals surface area contributed by atoms with Gasteiger partial charge in [0.25, 0.3) is 5.91 Å². The summed E-state index contributed by atoms with van der Waals surface area (Å²) in [5.41, 5.74) is 0.621.